The molecule has 1 heterocycles. The van der Waals surface area contributed by atoms with E-state index in [9.17, 15) is 14.0 Å². The lowest BCUT2D eigenvalue weighted by Gasteiger charge is -2.07. The van der Waals surface area contributed by atoms with Crippen LogP contribution in [0.3, 0.4) is 0 Å². The molecule has 0 atom stereocenters. The van der Waals surface area contributed by atoms with Crippen molar-refractivity contribution in [2.45, 2.75) is 33.6 Å². The Balaban J connectivity index is 1.70. The van der Waals surface area contributed by atoms with Crippen molar-refractivity contribution < 1.29 is 9.18 Å². The van der Waals surface area contributed by atoms with Gasteiger partial charge in [-0.3, -0.25) is 14.7 Å². The van der Waals surface area contributed by atoms with Gasteiger partial charge in [0.15, 0.2) is 0 Å². The average Bonchev–Trinajstić information content (AvgIpc) is 2.91. The number of nitrogens with zero attached hydrogens (tertiary/aromatic N) is 1. The molecular formula is C21H22FN3O2. The van der Waals surface area contributed by atoms with E-state index in [1.165, 1.54) is 28.9 Å². The van der Waals surface area contributed by atoms with Crippen molar-refractivity contribution in [3.05, 3.63) is 81.0 Å². The fourth-order valence-corrected chi connectivity index (χ4v) is 2.93. The zero-order valence-corrected chi connectivity index (χ0v) is 15.6. The first-order valence-electron chi connectivity index (χ1n) is 8.78. The lowest BCUT2D eigenvalue weighted by Crippen LogP contribution is -2.19. The summed E-state index contributed by atoms with van der Waals surface area (Å²) in [6.07, 6.45) is 0.524. The van der Waals surface area contributed by atoms with Crippen molar-refractivity contribution in [2.24, 2.45) is 0 Å². The van der Waals surface area contributed by atoms with Gasteiger partial charge >= 0.3 is 0 Å². The quantitative estimate of drug-likeness (QED) is 0.720. The van der Waals surface area contributed by atoms with Crippen LogP contribution in [-0.4, -0.2) is 15.7 Å². The number of H-pyrrole nitrogens is 1. The van der Waals surface area contributed by atoms with Crippen molar-refractivity contribution in [1.29, 1.82) is 0 Å². The van der Waals surface area contributed by atoms with Gasteiger partial charge in [0.2, 0.25) is 5.91 Å². The highest BCUT2D eigenvalue weighted by molar-refractivity contribution is 5.91. The van der Waals surface area contributed by atoms with Gasteiger partial charge in [0.1, 0.15) is 5.82 Å². The lowest BCUT2D eigenvalue weighted by molar-refractivity contribution is -0.116. The van der Waals surface area contributed by atoms with Crippen LogP contribution in [0.4, 0.5) is 10.1 Å². The summed E-state index contributed by atoms with van der Waals surface area (Å²) >= 11 is 0. The summed E-state index contributed by atoms with van der Waals surface area (Å²) in [7, 11) is 0. The van der Waals surface area contributed by atoms with Gasteiger partial charge in [0.05, 0.1) is 5.69 Å². The zero-order valence-electron chi connectivity index (χ0n) is 15.6. The first kappa shape index (κ1) is 18.6. The second kappa shape index (κ2) is 7.61. The van der Waals surface area contributed by atoms with Crippen LogP contribution >= 0.6 is 0 Å². The van der Waals surface area contributed by atoms with Gasteiger partial charge in [-0.05, 0) is 74.7 Å². The van der Waals surface area contributed by atoms with Crippen molar-refractivity contribution >= 4 is 11.6 Å². The molecule has 2 aromatic carbocycles. The van der Waals surface area contributed by atoms with Gasteiger partial charge < -0.3 is 5.32 Å². The molecule has 0 radical (unpaired) electrons. The Bertz CT molecular complexity index is 1030. The van der Waals surface area contributed by atoms with Gasteiger partial charge in [-0.2, -0.15) is 0 Å². The minimum atomic E-state index is -0.363. The molecule has 2 N–H and O–H groups in total. The summed E-state index contributed by atoms with van der Waals surface area (Å²) in [5.74, 6) is -0.509. The number of hydrogen-bond acceptors (Lipinski definition) is 2. The van der Waals surface area contributed by atoms with Crippen LogP contribution in [0, 0.1) is 26.6 Å². The summed E-state index contributed by atoms with van der Waals surface area (Å²) in [4.78, 5) is 24.9. The third-order valence-electron chi connectivity index (χ3n) is 4.67. The molecule has 0 spiro atoms. The minimum absolute atomic E-state index is 0.147. The van der Waals surface area contributed by atoms with Crippen LogP contribution < -0.4 is 10.9 Å². The van der Waals surface area contributed by atoms with Gasteiger partial charge in [-0.15, -0.1) is 0 Å². The van der Waals surface area contributed by atoms with Crippen LogP contribution in [0.15, 0.2) is 47.3 Å². The second-order valence-electron chi connectivity index (χ2n) is 6.68. The number of aryl methyl sites for hydroxylation is 3. The molecule has 3 aromatic rings. The van der Waals surface area contributed by atoms with Gasteiger partial charge in [-0.25, -0.2) is 9.07 Å². The number of aromatic amines is 1. The Hall–Kier alpha value is -3.15. The van der Waals surface area contributed by atoms with Crippen molar-refractivity contribution in [3.8, 4) is 5.69 Å². The number of carbonyl (C=O) groups excluding carboxylic acids is 1. The fraction of sp³-hybridized carbons (Fsp3) is 0.238. The van der Waals surface area contributed by atoms with Crippen LogP contribution in [0.5, 0.6) is 0 Å². The molecule has 1 amide bonds. The minimum Gasteiger partial charge on any atom is -0.326 e. The van der Waals surface area contributed by atoms with Crippen LogP contribution in [0.1, 0.15) is 28.8 Å². The first-order chi connectivity index (χ1) is 12.8. The molecule has 0 aliphatic heterocycles. The maximum Gasteiger partial charge on any atom is 0.274 e. The molecule has 140 valence electrons. The molecule has 0 aliphatic carbocycles. The maximum absolute atomic E-state index is 13.1. The first-order valence-corrected chi connectivity index (χ1v) is 8.78. The van der Waals surface area contributed by atoms with E-state index in [-0.39, 0.29) is 23.7 Å². The van der Waals surface area contributed by atoms with E-state index in [0.717, 1.165) is 16.8 Å². The number of rotatable bonds is 5. The van der Waals surface area contributed by atoms with E-state index in [0.29, 0.717) is 23.4 Å². The smallest absolute Gasteiger partial charge is 0.274 e. The Morgan fingerprint density at radius 2 is 1.78 bits per heavy atom. The normalized spacial score (nSPS) is 10.8. The third kappa shape index (κ3) is 4.16. The van der Waals surface area contributed by atoms with E-state index in [2.05, 4.69) is 10.4 Å². The van der Waals surface area contributed by atoms with E-state index in [1.807, 2.05) is 32.0 Å². The maximum atomic E-state index is 13.1. The summed E-state index contributed by atoms with van der Waals surface area (Å²) in [5, 5.41) is 5.85. The molecule has 0 saturated heterocycles. The predicted octanol–water partition coefficient (Wildman–Crippen LogP) is 3.80. The van der Waals surface area contributed by atoms with Crippen LogP contribution in [0.25, 0.3) is 5.69 Å². The Labute approximate surface area is 156 Å². The number of benzene rings is 2. The fourth-order valence-electron chi connectivity index (χ4n) is 2.93. The van der Waals surface area contributed by atoms with Crippen LogP contribution in [-0.2, 0) is 11.2 Å². The molecule has 27 heavy (non-hydrogen) atoms. The van der Waals surface area contributed by atoms with Crippen molar-refractivity contribution in [2.75, 3.05) is 5.32 Å². The van der Waals surface area contributed by atoms with E-state index >= 15 is 0 Å². The summed E-state index contributed by atoms with van der Waals surface area (Å²) < 4.78 is 14.4. The molecule has 0 saturated carbocycles. The molecule has 0 aliphatic rings. The average molecular weight is 367 g/mol. The lowest BCUT2D eigenvalue weighted by atomic mass is 10.1. The molecule has 0 unspecified atom stereocenters. The topological polar surface area (TPSA) is 66.9 Å². The standard InChI is InChI=1S/C21H22FN3O2/c1-13-4-7-17(12-14(13)2)23-20(26)11-10-19-15(3)24-25(21(19)27)18-8-5-16(22)6-9-18/h4-9,12,24H,10-11H2,1-3H3,(H,23,26). The number of carbonyl (C=O) groups is 1. The largest absolute Gasteiger partial charge is 0.326 e. The Morgan fingerprint density at radius 1 is 1.07 bits per heavy atom. The highest BCUT2D eigenvalue weighted by Crippen LogP contribution is 2.15. The Morgan fingerprint density at radius 3 is 2.44 bits per heavy atom. The molecule has 6 heteroatoms. The van der Waals surface area contributed by atoms with Gasteiger partial charge in [0.25, 0.3) is 5.56 Å². The number of amides is 1. The summed E-state index contributed by atoms with van der Waals surface area (Å²) in [6, 6.07) is 11.4. The second-order valence-corrected chi connectivity index (χ2v) is 6.68. The van der Waals surface area contributed by atoms with E-state index < -0.39 is 0 Å². The van der Waals surface area contributed by atoms with Gasteiger partial charge in [0, 0.05) is 23.4 Å². The molecule has 0 bridgehead atoms. The highest BCUT2D eigenvalue weighted by atomic mass is 19.1. The Kier molecular flexibility index (Phi) is 5.26. The number of anilines is 1. The summed E-state index contributed by atoms with van der Waals surface area (Å²) in [5.41, 5.74) is 4.60. The predicted molar refractivity (Wildman–Crippen MR) is 104 cm³/mol. The number of nitrogens with one attached hydrogen (secondary N) is 2. The number of halogens is 1. The highest BCUT2D eigenvalue weighted by Gasteiger charge is 2.14. The van der Waals surface area contributed by atoms with Crippen molar-refractivity contribution in [3.63, 3.8) is 0 Å². The molecule has 0 fully saturated rings. The monoisotopic (exact) mass is 367 g/mol. The zero-order chi connectivity index (χ0) is 19.6. The molecule has 3 rings (SSSR count). The third-order valence-corrected chi connectivity index (χ3v) is 4.67. The summed E-state index contributed by atoms with van der Waals surface area (Å²) in [6.45, 7) is 5.80. The SMILES string of the molecule is Cc1ccc(NC(=O)CCc2c(C)[nH]n(-c3ccc(F)cc3)c2=O)cc1C. The van der Waals surface area contributed by atoms with Crippen LogP contribution in [0.2, 0.25) is 0 Å². The molecular weight excluding hydrogens is 345 g/mol. The molecule has 1 aromatic heterocycles. The van der Waals surface area contributed by atoms with Crippen molar-refractivity contribution in [1.82, 2.24) is 9.78 Å². The number of aromatic nitrogens is 2. The van der Waals surface area contributed by atoms with E-state index in [1.54, 1.807) is 6.92 Å². The number of hydrogen-bond donors (Lipinski definition) is 2. The van der Waals surface area contributed by atoms with E-state index in [4.69, 9.17) is 0 Å². The molecule has 5 nitrogen and oxygen atoms in total. The van der Waals surface area contributed by atoms with Gasteiger partial charge in [-0.1, -0.05) is 6.07 Å².